The third-order valence-electron chi connectivity index (χ3n) is 5.73. The van der Waals surface area contributed by atoms with Gasteiger partial charge in [0, 0.05) is 6.04 Å². The molecule has 0 bridgehead atoms. The van der Waals surface area contributed by atoms with Gasteiger partial charge in [0.05, 0.1) is 0 Å². The molecule has 1 aromatic carbocycles. The molecule has 0 heterocycles. The van der Waals surface area contributed by atoms with E-state index in [0.717, 1.165) is 29.7 Å². The summed E-state index contributed by atoms with van der Waals surface area (Å²) in [5.74, 6) is 3.58. The smallest absolute Gasteiger partial charge is 0.0130 e. The molecule has 1 heteroatoms. The second-order valence-corrected chi connectivity index (χ2v) is 7.42. The highest BCUT2D eigenvalue weighted by Crippen LogP contribution is 2.52. The van der Waals surface area contributed by atoms with Gasteiger partial charge in [-0.2, -0.15) is 0 Å². The maximum atomic E-state index is 3.92. The molecule has 116 valence electrons. The van der Waals surface area contributed by atoms with Crippen LogP contribution in [0.5, 0.6) is 0 Å². The molecule has 3 unspecified atom stereocenters. The lowest BCUT2D eigenvalue weighted by atomic mass is 9.77. The Labute approximate surface area is 130 Å². The van der Waals surface area contributed by atoms with Crippen LogP contribution in [0, 0.1) is 17.8 Å². The van der Waals surface area contributed by atoms with E-state index in [1.807, 2.05) is 0 Å². The lowest BCUT2D eigenvalue weighted by Crippen LogP contribution is -2.40. The van der Waals surface area contributed by atoms with Crippen LogP contribution >= 0.6 is 0 Å². The van der Waals surface area contributed by atoms with Crippen LogP contribution in [0.2, 0.25) is 0 Å². The normalized spacial score (nSPS) is 33.6. The van der Waals surface area contributed by atoms with Crippen LogP contribution in [0.4, 0.5) is 0 Å². The van der Waals surface area contributed by atoms with E-state index in [1.165, 1.54) is 45.1 Å². The van der Waals surface area contributed by atoms with Crippen molar-refractivity contribution in [3.63, 3.8) is 0 Å². The third-order valence-corrected chi connectivity index (χ3v) is 5.73. The summed E-state index contributed by atoms with van der Waals surface area (Å²) in [4.78, 5) is 0. The van der Waals surface area contributed by atoms with Crippen LogP contribution < -0.4 is 5.32 Å². The van der Waals surface area contributed by atoms with Gasteiger partial charge in [0.2, 0.25) is 0 Å². The second-order valence-electron chi connectivity index (χ2n) is 7.42. The Morgan fingerprint density at radius 2 is 1.81 bits per heavy atom. The van der Waals surface area contributed by atoms with Gasteiger partial charge < -0.3 is 5.32 Å². The van der Waals surface area contributed by atoms with Crippen molar-refractivity contribution in [1.82, 2.24) is 5.32 Å². The topological polar surface area (TPSA) is 12.0 Å². The molecule has 21 heavy (non-hydrogen) atoms. The summed E-state index contributed by atoms with van der Waals surface area (Å²) in [6.07, 6.45) is 8.43. The molecule has 0 aromatic heterocycles. The minimum atomic E-state index is 0.766. The SMILES string of the molecule is CCCNC(C1CCC(C)CC1)C1CC1c1ccccc1. The molecule has 1 N–H and O–H groups in total. The first kappa shape index (κ1) is 15.1. The van der Waals surface area contributed by atoms with Crippen LogP contribution in [-0.2, 0) is 0 Å². The van der Waals surface area contributed by atoms with Crippen LogP contribution in [0.15, 0.2) is 30.3 Å². The maximum Gasteiger partial charge on any atom is 0.0130 e. The highest BCUT2D eigenvalue weighted by molar-refractivity contribution is 5.27. The largest absolute Gasteiger partial charge is 0.313 e. The highest BCUT2D eigenvalue weighted by Gasteiger charge is 2.46. The van der Waals surface area contributed by atoms with Gasteiger partial charge in [-0.1, -0.05) is 57.0 Å². The minimum absolute atomic E-state index is 0.766. The van der Waals surface area contributed by atoms with Crippen molar-refractivity contribution in [1.29, 1.82) is 0 Å². The predicted molar refractivity (Wildman–Crippen MR) is 90.5 cm³/mol. The van der Waals surface area contributed by atoms with E-state index < -0.39 is 0 Å². The Balaban J connectivity index is 1.63. The molecule has 2 saturated carbocycles. The fraction of sp³-hybridized carbons (Fsp3) is 0.700. The molecule has 3 rings (SSSR count). The quantitative estimate of drug-likeness (QED) is 0.777. The van der Waals surface area contributed by atoms with E-state index in [-0.39, 0.29) is 0 Å². The molecular formula is C20H31N. The summed E-state index contributed by atoms with van der Waals surface area (Å²) in [6, 6.07) is 11.9. The molecule has 1 aromatic rings. The Hall–Kier alpha value is -0.820. The molecule has 0 saturated heterocycles. The monoisotopic (exact) mass is 285 g/mol. The summed E-state index contributed by atoms with van der Waals surface area (Å²) in [7, 11) is 0. The zero-order valence-electron chi connectivity index (χ0n) is 13.7. The molecular weight excluding hydrogens is 254 g/mol. The van der Waals surface area contributed by atoms with Crippen LogP contribution in [0.3, 0.4) is 0 Å². The van der Waals surface area contributed by atoms with Crippen molar-refractivity contribution in [3.8, 4) is 0 Å². The average molecular weight is 285 g/mol. The Morgan fingerprint density at radius 3 is 2.48 bits per heavy atom. The van der Waals surface area contributed by atoms with Gasteiger partial charge in [-0.05, 0) is 61.5 Å². The third kappa shape index (κ3) is 3.69. The molecule has 0 aliphatic heterocycles. The molecule has 1 nitrogen and oxygen atoms in total. The van der Waals surface area contributed by atoms with E-state index in [4.69, 9.17) is 0 Å². The fourth-order valence-corrected chi connectivity index (χ4v) is 4.32. The first-order chi connectivity index (χ1) is 10.3. The summed E-state index contributed by atoms with van der Waals surface area (Å²) in [5, 5.41) is 3.92. The zero-order valence-corrected chi connectivity index (χ0v) is 13.7. The van der Waals surface area contributed by atoms with E-state index in [1.54, 1.807) is 5.56 Å². The fourth-order valence-electron chi connectivity index (χ4n) is 4.32. The van der Waals surface area contributed by atoms with Crippen molar-refractivity contribution < 1.29 is 0 Å². The minimum Gasteiger partial charge on any atom is -0.313 e. The highest BCUT2D eigenvalue weighted by atomic mass is 14.9. The van der Waals surface area contributed by atoms with E-state index in [0.29, 0.717) is 0 Å². The van der Waals surface area contributed by atoms with E-state index >= 15 is 0 Å². The lowest BCUT2D eigenvalue weighted by Gasteiger charge is -2.34. The first-order valence-electron chi connectivity index (χ1n) is 9.08. The standard InChI is InChI=1S/C20H31N/c1-3-13-21-20(17-11-9-15(2)10-12-17)19-14-18(19)16-7-5-4-6-8-16/h4-8,15,17-21H,3,9-14H2,1-2H3. The van der Waals surface area contributed by atoms with Gasteiger partial charge in [0.15, 0.2) is 0 Å². The molecule has 0 radical (unpaired) electrons. The molecule has 0 amide bonds. The van der Waals surface area contributed by atoms with Crippen molar-refractivity contribution in [2.24, 2.45) is 17.8 Å². The van der Waals surface area contributed by atoms with Gasteiger partial charge in [-0.3, -0.25) is 0 Å². The summed E-state index contributed by atoms with van der Waals surface area (Å²) in [5.41, 5.74) is 1.56. The predicted octanol–water partition coefficient (Wildman–Crippen LogP) is 4.98. The van der Waals surface area contributed by atoms with Crippen molar-refractivity contribution >= 4 is 0 Å². The first-order valence-corrected chi connectivity index (χ1v) is 9.08. The second kappa shape index (κ2) is 6.96. The number of benzene rings is 1. The van der Waals surface area contributed by atoms with Gasteiger partial charge >= 0.3 is 0 Å². The molecule has 3 atom stereocenters. The van der Waals surface area contributed by atoms with Crippen LogP contribution in [0.25, 0.3) is 0 Å². The van der Waals surface area contributed by atoms with E-state index in [9.17, 15) is 0 Å². The summed E-state index contributed by atoms with van der Waals surface area (Å²) in [6.45, 7) is 5.90. The van der Waals surface area contributed by atoms with Crippen molar-refractivity contribution in [2.45, 2.75) is 64.3 Å². The van der Waals surface area contributed by atoms with Gasteiger partial charge in [-0.15, -0.1) is 0 Å². The van der Waals surface area contributed by atoms with Crippen LogP contribution in [0.1, 0.15) is 63.9 Å². The van der Waals surface area contributed by atoms with Crippen molar-refractivity contribution in [3.05, 3.63) is 35.9 Å². The molecule has 2 aliphatic rings. The lowest BCUT2D eigenvalue weighted by molar-refractivity contribution is 0.213. The Morgan fingerprint density at radius 1 is 1.10 bits per heavy atom. The average Bonchev–Trinajstić information content (AvgIpc) is 3.31. The molecule has 0 spiro atoms. The molecule has 2 fully saturated rings. The van der Waals surface area contributed by atoms with Crippen molar-refractivity contribution in [2.75, 3.05) is 6.54 Å². The molecule has 2 aliphatic carbocycles. The number of nitrogens with one attached hydrogen (secondary N) is 1. The maximum absolute atomic E-state index is 3.92. The van der Waals surface area contributed by atoms with Gasteiger partial charge in [0.1, 0.15) is 0 Å². The zero-order chi connectivity index (χ0) is 14.7. The Bertz CT molecular complexity index is 419. The van der Waals surface area contributed by atoms with Crippen LogP contribution in [-0.4, -0.2) is 12.6 Å². The van der Waals surface area contributed by atoms with E-state index in [2.05, 4.69) is 49.5 Å². The Kier molecular flexibility index (Phi) is 5.00. The number of hydrogen-bond acceptors (Lipinski definition) is 1. The van der Waals surface area contributed by atoms with Gasteiger partial charge in [0.25, 0.3) is 0 Å². The summed E-state index contributed by atoms with van der Waals surface area (Å²) < 4.78 is 0. The number of hydrogen-bond donors (Lipinski definition) is 1. The number of rotatable bonds is 6. The summed E-state index contributed by atoms with van der Waals surface area (Å²) >= 11 is 0. The van der Waals surface area contributed by atoms with Gasteiger partial charge in [-0.25, -0.2) is 0 Å².